The van der Waals surface area contributed by atoms with Crippen LogP contribution >= 0.6 is 0 Å². The normalized spacial score (nSPS) is 27.3. The van der Waals surface area contributed by atoms with Gasteiger partial charge in [-0.1, -0.05) is 12.1 Å². The van der Waals surface area contributed by atoms with Gasteiger partial charge in [0.25, 0.3) is 0 Å². The number of carbonyl (C=O) groups excluding carboxylic acids is 1. The summed E-state index contributed by atoms with van der Waals surface area (Å²) in [6.45, 7) is 3.40. The number of aliphatic hydroxyl groups excluding tert-OH is 1. The van der Waals surface area contributed by atoms with Crippen molar-refractivity contribution in [2.75, 3.05) is 7.11 Å². The maximum Gasteiger partial charge on any atom is 0.405 e. The summed E-state index contributed by atoms with van der Waals surface area (Å²) >= 11 is 0. The molecule has 4 atom stereocenters. The van der Waals surface area contributed by atoms with E-state index in [1.165, 1.54) is 13.2 Å². The highest BCUT2D eigenvalue weighted by Crippen LogP contribution is 2.35. The van der Waals surface area contributed by atoms with Crippen LogP contribution in [0.2, 0.25) is 0 Å². The van der Waals surface area contributed by atoms with Crippen molar-refractivity contribution in [2.24, 2.45) is 5.73 Å². The van der Waals surface area contributed by atoms with E-state index in [-0.39, 0.29) is 11.3 Å². The molecule has 1 aromatic heterocycles. The van der Waals surface area contributed by atoms with Crippen LogP contribution in [-0.4, -0.2) is 48.5 Å². The number of benzene rings is 1. The smallest absolute Gasteiger partial charge is 0.405 e. The zero-order valence-electron chi connectivity index (χ0n) is 15.1. The van der Waals surface area contributed by atoms with Crippen molar-refractivity contribution in [3.8, 4) is 5.75 Å². The molecule has 2 heterocycles. The molecule has 0 aliphatic carbocycles. The lowest BCUT2D eigenvalue weighted by atomic mass is 9.89. The van der Waals surface area contributed by atoms with E-state index >= 15 is 0 Å². The summed E-state index contributed by atoms with van der Waals surface area (Å²) in [6.07, 6.45) is -5.64. The fraction of sp³-hybridized carbons (Fsp3) is 0.444. The number of amides is 1. The van der Waals surface area contributed by atoms with Crippen LogP contribution in [0.4, 0.5) is 4.79 Å². The fourth-order valence-corrected chi connectivity index (χ4v) is 3.24. The number of fused-ring (bicyclic) bond motifs is 1. The van der Waals surface area contributed by atoms with Gasteiger partial charge in [0.2, 0.25) is 6.29 Å². The topological polar surface area (TPSA) is 130 Å². The summed E-state index contributed by atoms with van der Waals surface area (Å²) in [7, 11) is 1.40. The van der Waals surface area contributed by atoms with Gasteiger partial charge in [-0.3, -0.25) is 0 Å². The Morgan fingerprint density at radius 1 is 1.26 bits per heavy atom. The van der Waals surface area contributed by atoms with E-state index in [4.69, 9.17) is 29.1 Å². The number of aliphatic hydroxyl groups is 1. The molecule has 146 valence electrons. The second kappa shape index (κ2) is 7.18. The summed E-state index contributed by atoms with van der Waals surface area (Å²) in [6, 6.07) is 7.89. The van der Waals surface area contributed by atoms with Crippen LogP contribution in [0.25, 0.3) is 11.0 Å². The first-order valence-electron chi connectivity index (χ1n) is 8.27. The number of ether oxygens (including phenoxy) is 4. The van der Waals surface area contributed by atoms with Crippen molar-refractivity contribution in [1.82, 2.24) is 0 Å². The summed E-state index contributed by atoms with van der Waals surface area (Å²) in [5.74, 6) is 0.187. The Kier molecular flexibility index (Phi) is 5.09. The molecule has 9 nitrogen and oxygen atoms in total. The highest BCUT2D eigenvalue weighted by molar-refractivity contribution is 5.82. The number of hydrogen-bond acceptors (Lipinski definition) is 8. The molecule has 0 spiro atoms. The highest BCUT2D eigenvalue weighted by atomic mass is 16.7. The first-order chi connectivity index (χ1) is 12.7. The molecule has 1 amide bonds. The largest absolute Gasteiger partial charge is 0.457 e. The van der Waals surface area contributed by atoms with E-state index in [1.807, 2.05) is 0 Å². The van der Waals surface area contributed by atoms with Crippen LogP contribution in [0.3, 0.4) is 0 Å². The molecule has 1 saturated heterocycles. The van der Waals surface area contributed by atoms with Gasteiger partial charge in [-0.05, 0) is 26.0 Å². The van der Waals surface area contributed by atoms with Gasteiger partial charge in [0.05, 0.1) is 5.60 Å². The highest BCUT2D eigenvalue weighted by Gasteiger charge is 2.53. The number of nitrogens with two attached hydrogens (primary N) is 1. The first kappa shape index (κ1) is 19.2. The Morgan fingerprint density at radius 3 is 2.67 bits per heavy atom. The van der Waals surface area contributed by atoms with Crippen molar-refractivity contribution in [2.45, 2.75) is 44.1 Å². The molecule has 0 bridgehead atoms. The third-order valence-electron chi connectivity index (χ3n) is 4.38. The quantitative estimate of drug-likeness (QED) is 0.757. The predicted molar refractivity (Wildman–Crippen MR) is 93.3 cm³/mol. The van der Waals surface area contributed by atoms with Gasteiger partial charge < -0.3 is 34.2 Å². The minimum atomic E-state index is -1.27. The maximum atomic E-state index is 11.6. The molecule has 1 aliphatic rings. The van der Waals surface area contributed by atoms with Gasteiger partial charge in [0, 0.05) is 18.6 Å². The van der Waals surface area contributed by atoms with Crippen LogP contribution < -0.4 is 16.1 Å². The lowest BCUT2D eigenvalue weighted by Crippen LogP contribution is -2.65. The van der Waals surface area contributed by atoms with Crippen LogP contribution in [0, 0.1) is 0 Å². The number of methoxy groups -OCH3 is 1. The second-order valence-electron chi connectivity index (χ2n) is 6.68. The van der Waals surface area contributed by atoms with Crippen molar-refractivity contribution in [3.63, 3.8) is 0 Å². The summed E-state index contributed by atoms with van der Waals surface area (Å²) in [5.41, 5.74) is 3.80. The molecule has 3 N–H and O–H groups in total. The van der Waals surface area contributed by atoms with Crippen molar-refractivity contribution >= 4 is 17.1 Å². The van der Waals surface area contributed by atoms with E-state index < -0.39 is 41.9 Å². The van der Waals surface area contributed by atoms with Gasteiger partial charge in [0.1, 0.15) is 12.2 Å². The van der Waals surface area contributed by atoms with E-state index in [0.29, 0.717) is 5.39 Å². The SMILES string of the molecule is COC1C(O)C(OC(N)=O)C(Oc2cccc3ccc(=O)oc23)OC1(C)C. The van der Waals surface area contributed by atoms with Crippen molar-refractivity contribution in [3.05, 3.63) is 40.8 Å². The molecule has 0 saturated carbocycles. The molecule has 9 heteroatoms. The number of rotatable bonds is 4. The molecule has 1 fully saturated rings. The average Bonchev–Trinajstić information content (AvgIpc) is 2.58. The molecule has 1 aromatic carbocycles. The summed E-state index contributed by atoms with van der Waals surface area (Å²) < 4.78 is 27.2. The Hall–Kier alpha value is -2.62. The number of carbonyl (C=O) groups is 1. The van der Waals surface area contributed by atoms with E-state index in [9.17, 15) is 14.7 Å². The van der Waals surface area contributed by atoms with Crippen LogP contribution in [0.1, 0.15) is 13.8 Å². The van der Waals surface area contributed by atoms with Gasteiger partial charge >= 0.3 is 11.7 Å². The Morgan fingerprint density at radius 2 is 2.00 bits per heavy atom. The van der Waals surface area contributed by atoms with E-state index in [0.717, 1.165) is 0 Å². The Balaban J connectivity index is 1.99. The standard InChI is InChI=1S/C18H21NO8/c1-18(2)15(23-3)12(21)14(26-17(19)22)16(27-18)24-10-6-4-5-9-7-8-11(20)25-13(9)10/h4-8,12,14-16,21H,1-3H3,(H2,19,22). The minimum Gasteiger partial charge on any atom is -0.457 e. The van der Waals surface area contributed by atoms with Crippen LogP contribution in [0.15, 0.2) is 39.5 Å². The fourth-order valence-electron chi connectivity index (χ4n) is 3.24. The van der Waals surface area contributed by atoms with E-state index in [1.54, 1.807) is 38.1 Å². The zero-order valence-corrected chi connectivity index (χ0v) is 15.1. The molecule has 2 aromatic rings. The molecular formula is C18H21NO8. The average molecular weight is 379 g/mol. The van der Waals surface area contributed by atoms with Crippen LogP contribution in [-0.2, 0) is 14.2 Å². The van der Waals surface area contributed by atoms with Gasteiger partial charge in [-0.25, -0.2) is 9.59 Å². The number of para-hydroxylation sites is 1. The Labute approximate surface area is 154 Å². The maximum absolute atomic E-state index is 11.6. The molecule has 0 radical (unpaired) electrons. The lowest BCUT2D eigenvalue weighted by Gasteiger charge is -2.47. The molecular weight excluding hydrogens is 358 g/mol. The summed E-state index contributed by atoms with van der Waals surface area (Å²) in [5, 5.41) is 11.3. The van der Waals surface area contributed by atoms with Crippen molar-refractivity contribution in [1.29, 1.82) is 0 Å². The zero-order chi connectivity index (χ0) is 19.8. The Bertz CT molecular complexity index is 892. The summed E-state index contributed by atoms with van der Waals surface area (Å²) in [4.78, 5) is 22.9. The third kappa shape index (κ3) is 3.75. The van der Waals surface area contributed by atoms with E-state index in [2.05, 4.69) is 0 Å². The molecule has 3 rings (SSSR count). The predicted octanol–water partition coefficient (Wildman–Crippen LogP) is 1.15. The molecule has 1 aliphatic heterocycles. The van der Waals surface area contributed by atoms with Gasteiger partial charge in [-0.2, -0.15) is 0 Å². The van der Waals surface area contributed by atoms with Gasteiger partial charge in [-0.15, -0.1) is 0 Å². The first-order valence-corrected chi connectivity index (χ1v) is 8.27. The lowest BCUT2D eigenvalue weighted by molar-refractivity contribution is -0.304. The molecule has 4 unspecified atom stereocenters. The minimum absolute atomic E-state index is 0.187. The number of primary amides is 1. The van der Waals surface area contributed by atoms with Crippen LogP contribution in [0.5, 0.6) is 5.75 Å². The number of hydrogen-bond donors (Lipinski definition) is 2. The monoisotopic (exact) mass is 379 g/mol. The molecule has 27 heavy (non-hydrogen) atoms. The second-order valence-corrected chi connectivity index (χ2v) is 6.68. The third-order valence-corrected chi connectivity index (χ3v) is 4.38. The van der Waals surface area contributed by atoms with Crippen molar-refractivity contribution < 1.29 is 33.3 Å². The van der Waals surface area contributed by atoms with Gasteiger partial charge in [0.15, 0.2) is 17.4 Å².